The molecule has 98 valence electrons. The van der Waals surface area contributed by atoms with Crippen LogP contribution >= 0.6 is 11.6 Å². The summed E-state index contributed by atoms with van der Waals surface area (Å²) in [6.45, 7) is 0.348. The second-order valence-electron chi connectivity index (χ2n) is 3.79. The van der Waals surface area contributed by atoms with E-state index in [4.69, 9.17) is 16.9 Å². The largest absolute Gasteiger partial charge is 0.240 e. The first kappa shape index (κ1) is 15.0. The fourth-order valence-corrected chi connectivity index (χ4v) is 2.63. The van der Waals surface area contributed by atoms with E-state index in [1.165, 1.54) is 12.1 Å². The number of sulfonamides is 1. The first-order valence-corrected chi connectivity index (χ1v) is 7.63. The van der Waals surface area contributed by atoms with E-state index in [0.717, 1.165) is 5.56 Å². The highest BCUT2D eigenvalue weighted by Crippen LogP contribution is 2.11. The van der Waals surface area contributed by atoms with E-state index in [1.54, 1.807) is 12.1 Å². The lowest BCUT2D eigenvalue weighted by molar-refractivity contribution is 0.577. The summed E-state index contributed by atoms with van der Waals surface area (Å²) in [7, 11) is -3.45. The minimum atomic E-state index is -3.45. The molecule has 1 rings (SSSR count). The molecule has 6 heteroatoms. The first-order chi connectivity index (χ1) is 8.60. The zero-order valence-electron chi connectivity index (χ0n) is 9.89. The lowest BCUT2D eigenvalue weighted by atomic mass is 10.2. The number of rotatable bonds is 7. The van der Waals surface area contributed by atoms with Gasteiger partial charge in [0, 0.05) is 18.8 Å². The fourth-order valence-electron chi connectivity index (χ4n) is 1.38. The molecule has 0 radical (unpaired) electrons. The summed E-state index contributed by atoms with van der Waals surface area (Å²) in [4.78, 5) is 0.233. The number of nitrogens with one attached hydrogen (secondary N) is 1. The number of alkyl halides is 1. The van der Waals surface area contributed by atoms with Gasteiger partial charge < -0.3 is 0 Å². The number of nitriles is 1. The molecule has 18 heavy (non-hydrogen) atoms. The van der Waals surface area contributed by atoms with Crippen LogP contribution < -0.4 is 4.72 Å². The van der Waals surface area contributed by atoms with Gasteiger partial charge in [-0.25, -0.2) is 13.1 Å². The summed E-state index contributed by atoms with van der Waals surface area (Å²) in [6, 6.07) is 8.48. The highest BCUT2D eigenvalue weighted by Gasteiger charge is 2.12. The van der Waals surface area contributed by atoms with Crippen LogP contribution in [0.1, 0.15) is 24.8 Å². The van der Waals surface area contributed by atoms with Crippen molar-refractivity contribution in [2.75, 3.05) is 6.54 Å². The van der Waals surface area contributed by atoms with Crippen molar-refractivity contribution in [3.8, 4) is 6.07 Å². The summed E-state index contributed by atoms with van der Waals surface area (Å²) in [5.41, 5.74) is 0.879. The number of nitrogens with zero attached hydrogens (tertiary/aromatic N) is 1. The Morgan fingerprint density at radius 3 is 2.44 bits per heavy atom. The Hall–Kier alpha value is -1.09. The fraction of sp³-hybridized carbons (Fsp3) is 0.417. The van der Waals surface area contributed by atoms with Crippen LogP contribution in [0.5, 0.6) is 0 Å². The third-order valence-corrected chi connectivity index (χ3v) is 4.18. The molecule has 0 heterocycles. The highest BCUT2D eigenvalue weighted by molar-refractivity contribution is 7.89. The maximum Gasteiger partial charge on any atom is 0.240 e. The zero-order chi connectivity index (χ0) is 13.4. The SMILES string of the molecule is N#CCCCCNS(=O)(=O)c1ccc(CCl)cc1. The van der Waals surface area contributed by atoms with Gasteiger partial charge in [0.2, 0.25) is 10.0 Å². The van der Waals surface area contributed by atoms with E-state index in [-0.39, 0.29) is 4.90 Å². The van der Waals surface area contributed by atoms with Crippen LogP contribution in [0.4, 0.5) is 0 Å². The number of halogens is 1. The molecule has 0 spiro atoms. The van der Waals surface area contributed by atoms with Gasteiger partial charge in [-0.2, -0.15) is 5.26 Å². The Morgan fingerprint density at radius 2 is 1.89 bits per heavy atom. The quantitative estimate of drug-likeness (QED) is 0.618. The molecule has 0 aliphatic carbocycles. The van der Waals surface area contributed by atoms with Crippen molar-refractivity contribution in [2.24, 2.45) is 0 Å². The van der Waals surface area contributed by atoms with Gasteiger partial charge >= 0.3 is 0 Å². The van der Waals surface area contributed by atoms with Gasteiger partial charge in [-0.1, -0.05) is 12.1 Å². The molecule has 0 saturated heterocycles. The molecule has 0 aliphatic rings. The molecular weight excluding hydrogens is 272 g/mol. The molecule has 0 bridgehead atoms. The van der Waals surface area contributed by atoms with Gasteiger partial charge in [0.05, 0.1) is 11.0 Å². The Bertz CT molecular complexity index is 506. The number of benzene rings is 1. The molecule has 1 N–H and O–H groups in total. The van der Waals surface area contributed by atoms with Crippen LogP contribution in [0.2, 0.25) is 0 Å². The first-order valence-electron chi connectivity index (χ1n) is 5.61. The second kappa shape index (κ2) is 7.37. The average Bonchev–Trinajstić information content (AvgIpc) is 2.38. The van der Waals surface area contributed by atoms with Crippen molar-refractivity contribution >= 4 is 21.6 Å². The van der Waals surface area contributed by atoms with Crippen LogP contribution in [0.3, 0.4) is 0 Å². The van der Waals surface area contributed by atoms with E-state index in [9.17, 15) is 8.42 Å². The average molecular weight is 287 g/mol. The minimum Gasteiger partial charge on any atom is -0.211 e. The van der Waals surface area contributed by atoms with Gasteiger partial charge in [0.25, 0.3) is 0 Å². The van der Waals surface area contributed by atoms with Crippen molar-refractivity contribution in [2.45, 2.75) is 30.0 Å². The summed E-state index contributed by atoms with van der Waals surface area (Å²) < 4.78 is 26.2. The molecule has 0 saturated carbocycles. The summed E-state index contributed by atoms with van der Waals surface area (Å²) in [5.74, 6) is 0.363. The summed E-state index contributed by atoms with van der Waals surface area (Å²) in [6.07, 6.45) is 1.81. The van der Waals surface area contributed by atoms with Gasteiger partial charge in [0.1, 0.15) is 0 Å². The Morgan fingerprint density at radius 1 is 1.22 bits per heavy atom. The molecular formula is C12H15ClN2O2S. The van der Waals surface area contributed by atoms with Crippen molar-refractivity contribution in [3.63, 3.8) is 0 Å². The maximum atomic E-state index is 11.9. The topological polar surface area (TPSA) is 70.0 Å². The van der Waals surface area contributed by atoms with Gasteiger partial charge in [-0.05, 0) is 30.5 Å². The molecule has 0 unspecified atom stereocenters. The molecule has 0 fully saturated rings. The van der Waals surface area contributed by atoms with Crippen molar-refractivity contribution in [1.82, 2.24) is 4.72 Å². The van der Waals surface area contributed by atoms with Crippen molar-refractivity contribution in [3.05, 3.63) is 29.8 Å². The molecule has 0 aliphatic heterocycles. The summed E-state index contributed by atoms with van der Waals surface area (Å²) >= 11 is 5.63. The monoisotopic (exact) mass is 286 g/mol. The van der Waals surface area contributed by atoms with E-state index < -0.39 is 10.0 Å². The van der Waals surface area contributed by atoms with E-state index >= 15 is 0 Å². The molecule has 0 amide bonds. The zero-order valence-corrected chi connectivity index (χ0v) is 11.5. The lowest BCUT2D eigenvalue weighted by Crippen LogP contribution is -2.24. The molecule has 0 aromatic heterocycles. The predicted octanol–water partition coefficient (Wildman–Crippen LogP) is 2.40. The maximum absolute atomic E-state index is 11.9. The third kappa shape index (κ3) is 4.65. The Labute approximate surface area is 113 Å². The van der Waals surface area contributed by atoms with Crippen molar-refractivity contribution < 1.29 is 8.42 Å². The van der Waals surface area contributed by atoms with Crippen LogP contribution in [0.25, 0.3) is 0 Å². The highest BCUT2D eigenvalue weighted by atomic mass is 35.5. The van der Waals surface area contributed by atoms with Crippen molar-refractivity contribution in [1.29, 1.82) is 5.26 Å². The molecule has 0 atom stereocenters. The van der Waals surface area contributed by atoms with Crippen LogP contribution in [0.15, 0.2) is 29.2 Å². The van der Waals surface area contributed by atoms with Gasteiger partial charge in [-0.15, -0.1) is 11.6 Å². The smallest absolute Gasteiger partial charge is 0.211 e. The summed E-state index contributed by atoms with van der Waals surface area (Å²) in [5, 5.41) is 8.35. The molecule has 4 nitrogen and oxygen atoms in total. The van der Waals surface area contributed by atoms with E-state index in [0.29, 0.717) is 31.7 Å². The second-order valence-corrected chi connectivity index (χ2v) is 5.82. The normalized spacial score (nSPS) is 11.1. The van der Waals surface area contributed by atoms with Gasteiger partial charge in [-0.3, -0.25) is 0 Å². The number of unbranched alkanes of at least 4 members (excludes halogenated alkanes) is 2. The molecule has 1 aromatic carbocycles. The molecule has 1 aromatic rings. The lowest BCUT2D eigenvalue weighted by Gasteiger charge is -2.06. The van der Waals surface area contributed by atoms with E-state index in [2.05, 4.69) is 4.72 Å². The van der Waals surface area contributed by atoms with Gasteiger partial charge in [0.15, 0.2) is 0 Å². The standard InChI is InChI=1S/C12H15ClN2O2S/c13-10-11-4-6-12(7-5-11)18(16,17)15-9-3-1-2-8-14/h4-7,15H,1-3,9-10H2. The Balaban J connectivity index is 2.55. The number of hydrogen-bond donors (Lipinski definition) is 1. The van der Waals surface area contributed by atoms with Crippen LogP contribution in [-0.2, 0) is 15.9 Å². The van der Waals surface area contributed by atoms with E-state index in [1.807, 2.05) is 6.07 Å². The predicted molar refractivity (Wildman–Crippen MR) is 70.7 cm³/mol. The number of hydrogen-bond acceptors (Lipinski definition) is 3. The Kier molecular flexibility index (Phi) is 6.13. The van der Waals surface area contributed by atoms with Crippen LogP contribution in [-0.4, -0.2) is 15.0 Å². The van der Waals surface area contributed by atoms with Crippen LogP contribution in [0, 0.1) is 11.3 Å². The minimum absolute atomic E-state index is 0.233. The third-order valence-electron chi connectivity index (χ3n) is 2.40.